The quantitative estimate of drug-likeness (QED) is 0.730. The van der Waals surface area contributed by atoms with Gasteiger partial charge in [-0.1, -0.05) is 42.5 Å². The molecule has 78 valence electrons. The zero-order valence-corrected chi connectivity index (χ0v) is 8.86. The van der Waals surface area contributed by atoms with Gasteiger partial charge in [0.05, 0.1) is 0 Å². The highest BCUT2D eigenvalue weighted by Gasteiger charge is 2.22. The summed E-state index contributed by atoms with van der Waals surface area (Å²) in [6.45, 7) is 0. The molecular weight excluding hydrogens is 184 g/mol. The molecule has 1 aliphatic rings. The highest BCUT2D eigenvalue weighted by Crippen LogP contribution is 2.24. The van der Waals surface area contributed by atoms with Crippen molar-refractivity contribution in [2.75, 3.05) is 0 Å². The van der Waals surface area contributed by atoms with Gasteiger partial charge >= 0.3 is 0 Å². The van der Waals surface area contributed by atoms with E-state index in [1.54, 1.807) is 0 Å². The van der Waals surface area contributed by atoms with Crippen LogP contribution >= 0.6 is 0 Å². The molecule has 1 unspecified atom stereocenters. The lowest BCUT2D eigenvalue weighted by atomic mass is 10.0. The fourth-order valence-corrected chi connectivity index (χ4v) is 2.07. The van der Waals surface area contributed by atoms with E-state index in [1.807, 2.05) is 18.2 Å². The van der Waals surface area contributed by atoms with E-state index >= 15 is 0 Å². The highest BCUT2D eigenvalue weighted by molar-refractivity contribution is 5.83. The van der Waals surface area contributed by atoms with E-state index in [0.29, 0.717) is 11.7 Å². The summed E-state index contributed by atoms with van der Waals surface area (Å²) in [4.78, 5) is 11.4. The van der Waals surface area contributed by atoms with Crippen molar-refractivity contribution in [3.8, 4) is 0 Å². The van der Waals surface area contributed by atoms with Crippen LogP contribution in [0.15, 0.2) is 36.4 Å². The van der Waals surface area contributed by atoms with E-state index in [2.05, 4.69) is 24.3 Å². The fourth-order valence-electron chi connectivity index (χ4n) is 2.07. The van der Waals surface area contributed by atoms with Crippen molar-refractivity contribution in [3.05, 3.63) is 42.0 Å². The minimum absolute atomic E-state index is 0.296. The van der Waals surface area contributed by atoms with Gasteiger partial charge in [0.2, 0.25) is 0 Å². The monoisotopic (exact) mass is 200 g/mol. The average Bonchev–Trinajstić information content (AvgIpc) is 2.66. The second kappa shape index (κ2) is 4.92. The van der Waals surface area contributed by atoms with Gasteiger partial charge in [-0.2, -0.15) is 0 Å². The lowest BCUT2D eigenvalue weighted by Gasteiger charge is -2.01. The van der Waals surface area contributed by atoms with Crippen molar-refractivity contribution < 1.29 is 4.79 Å². The zero-order valence-electron chi connectivity index (χ0n) is 8.86. The largest absolute Gasteiger partial charge is 0.299 e. The summed E-state index contributed by atoms with van der Waals surface area (Å²) in [6, 6.07) is 10.2. The molecule has 2 rings (SSSR count). The maximum absolute atomic E-state index is 11.4. The minimum atomic E-state index is 0.296. The molecular formula is C14H16O. The lowest BCUT2D eigenvalue weighted by Crippen LogP contribution is -2.03. The minimum Gasteiger partial charge on any atom is -0.299 e. The van der Waals surface area contributed by atoms with Crippen LogP contribution < -0.4 is 0 Å². The number of carbonyl (C=O) groups is 1. The van der Waals surface area contributed by atoms with Gasteiger partial charge in [-0.3, -0.25) is 4.79 Å². The first-order valence-electron chi connectivity index (χ1n) is 5.60. The molecule has 0 bridgehead atoms. The Morgan fingerprint density at radius 2 is 2.07 bits per heavy atom. The Kier molecular flexibility index (Phi) is 3.33. The smallest absolute Gasteiger partial charge is 0.136 e. The Bertz CT molecular complexity index is 351. The van der Waals surface area contributed by atoms with Crippen LogP contribution in [0.4, 0.5) is 0 Å². The lowest BCUT2D eigenvalue weighted by molar-refractivity contribution is -0.120. The van der Waals surface area contributed by atoms with Crippen LogP contribution in [0.2, 0.25) is 0 Å². The van der Waals surface area contributed by atoms with Crippen LogP contribution in [-0.4, -0.2) is 5.78 Å². The highest BCUT2D eigenvalue weighted by atomic mass is 16.1. The Morgan fingerprint density at radius 3 is 2.73 bits per heavy atom. The third kappa shape index (κ3) is 2.79. The Labute approximate surface area is 90.8 Å². The van der Waals surface area contributed by atoms with E-state index in [1.165, 1.54) is 5.56 Å². The van der Waals surface area contributed by atoms with Gasteiger partial charge in [0.25, 0.3) is 0 Å². The standard InChI is InChI=1S/C14H16O/c15-14-11-5-10-13(14)9-4-8-12-6-2-1-3-7-12/h1-4,6-8,13H,5,9-11H2. The van der Waals surface area contributed by atoms with Gasteiger partial charge < -0.3 is 0 Å². The molecule has 0 radical (unpaired) electrons. The second-order valence-corrected chi connectivity index (χ2v) is 4.10. The van der Waals surface area contributed by atoms with Crippen molar-refractivity contribution in [1.82, 2.24) is 0 Å². The fraction of sp³-hybridized carbons (Fsp3) is 0.357. The molecule has 1 nitrogen and oxygen atoms in total. The molecule has 15 heavy (non-hydrogen) atoms. The van der Waals surface area contributed by atoms with Gasteiger partial charge in [0, 0.05) is 12.3 Å². The van der Waals surface area contributed by atoms with Gasteiger partial charge in [-0.05, 0) is 24.8 Å². The topological polar surface area (TPSA) is 17.1 Å². The first-order chi connectivity index (χ1) is 7.36. The van der Waals surface area contributed by atoms with Crippen LogP contribution in [-0.2, 0) is 4.79 Å². The van der Waals surface area contributed by atoms with Crippen molar-refractivity contribution in [3.63, 3.8) is 0 Å². The van der Waals surface area contributed by atoms with Gasteiger partial charge in [0.15, 0.2) is 0 Å². The van der Waals surface area contributed by atoms with Gasteiger partial charge in [0.1, 0.15) is 5.78 Å². The number of hydrogen-bond acceptors (Lipinski definition) is 1. The SMILES string of the molecule is O=C1CCCC1CC=Cc1ccccc1. The summed E-state index contributed by atoms with van der Waals surface area (Å²) >= 11 is 0. The predicted octanol–water partition coefficient (Wildman–Crippen LogP) is 3.46. The molecule has 0 aliphatic heterocycles. The molecule has 1 aliphatic carbocycles. The van der Waals surface area contributed by atoms with Crippen LogP contribution in [0.3, 0.4) is 0 Å². The molecule has 0 spiro atoms. The molecule has 0 N–H and O–H groups in total. The van der Waals surface area contributed by atoms with Crippen LogP contribution in [0, 0.1) is 5.92 Å². The summed E-state index contributed by atoms with van der Waals surface area (Å²) < 4.78 is 0. The summed E-state index contributed by atoms with van der Waals surface area (Å²) in [5.74, 6) is 0.748. The second-order valence-electron chi connectivity index (χ2n) is 4.10. The maximum Gasteiger partial charge on any atom is 0.136 e. The van der Waals surface area contributed by atoms with Crippen LogP contribution in [0.25, 0.3) is 6.08 Å². The van der Waals surface area contributed by atoms with E-state index < -0.39 is 0 Å². The normalized spacial score (nSPS) is 21.3. The molecule has 1 fully saturated rings. The van der Waals surface area contributed by atoms with E-state index in [4.69, 9.17) is 0 Å². The molecule has 0 saturated heterocycles. The summed E-state index contributed by atoms with van der Waals surface area (Å²) in [7, 11) is 0. The van der Waals surface area contributed by atoms with E-state index in [0.717, 1.165) is 25.7 Å². The Hall–Kier alpha value is -1.37. The van der Waals surface area contributed by atoms with Crippen LogP contribution in [0.1, 0.15) is 31.2 Å². The molecule has 1 saturated carbocycles. The molecule has 0 heterocycles. The molecule has 0 amide bonds. The maximum atomic E-state index is 11.4. The third-order valence-electron chi connectivity index (χ3n) is 2.96. The van der Waals surface area contributed by atoms with Crippen LogP contribution in [0.5, 0.6) is 0 Å². The third-order valence-corrected chi connectivity index (χ3v) is 2.96. The zero-order chi connectivity index (χ0) is 10.5. The van der Waals surface area contributed by atoms with Gasteiger partial charge in [-0.25, -0.2) is 0 Å². The average molecular weight is 200 g/mol. The van der Waals surface area contributed by atoms with Gasteiger partial charge in [-0.15, -0.1) is 0 Å². The number of hydrogen-bond donors (Lipinski definition) is 0. The number of carbonyl (C=O) groups excluding carboxylic acids is 1. The molecule has 1 aromatic carbocycles. The molecule has 0 aromatic heterocycles. The summed E-state index contributed by atoms with van der Waals surface area (Å²) in [5, 5.41) is 0. The molecule has 1 heteroatoms. The summed E-state index contributed by atoms with van der Waals surface area (Å²) in [5.41, 5.74) is 1.21. The predicted molar refractivity (Wildman–Crippen MR) is 62.4 cm³/mol. The molecule has 1 atom stereocenters. The van der Waals surface area contributed by atoms with Crippen molar-refractivity contribution in [1.29, 1.82) is 0 Å². The molecule has 1 aromatic rings. The van der Waals surface area contributed by atoms with Crippen molar-refractivity contribution in [2.24, 2.45) is 5.92 Å². The number of rotatable bonds is 3. The number of ketones is 1. The van der Waals surface area contributed by atoms with Crippen molar-refractivity contribution >= 4 is 11.9 Å². The summed E-state index contributed by atoms with van der Waals surface area (Å²) in [6.07, 6.45) is 8.10. The number of allylic oxidation sites excluding steroid dienone is 1. The van der Waals surface area contributed by atoms with E-state index in [-0.39, 0.29) is 0 Å². The Morgan fingerprint density at radius 1 is 1.27 bits per heavy atom. The van der Waals surface area contributed by atoms with E-state index in [9.17, 15) is 4.79 Å². The number of Topliss-reactive ketones (excluding diaryl/α,β-unsaturated/α-hetero) is 1. The first kappa shape index (κ1) is 10.2. The number of benzene rings is 1. The first-order valence-corrected chi connectivity index (χ1v) is 5.60. The Balaban J connectivity index is 1.88. The van der Waals surface area contributed by atoms with Crippen molar-refractivity contribution in [2.45, 2.75) is 25.7 Å².